The van der Waals surface area contributed by atoms with Gasteiger partial charge in [0.05, 0.1) is 22.3 Å². The maximum absolute atomic E-state index is 12.1. The highest BCUT2D eigenvalue weighted by Gasteiger charge is 2.15. The van der Waals surface area contributed by atoms with Crippen LogP contribution in [0.2, 0.25) is 0 Å². The fourth-order valence-electron chi connectivity index (χ4n) is 2.91. The molecule has 136 valence electrons. The van der Waals surface area contributed by atoms with Crippen LogP contribution in [0.5, 0.6) is 0 Å². The fraction of sp³-hybridized carbons (Fsp3) is 0.158. The highest BCUT2D eigenvalue weighted by molar-refractivity contribution is 7.99. The predicted octanol–water partition coefficient (Wildman–Crippen LogP) is 2.97. The molecule has 0 aliphatic carbocycles. The van der Waals surface area contributed by atoms with E-state index in [2.05, 4.69) is 10.6 Å². The van der Waals surface area contributed by atoms with Gasteiger partial charge < -0.3 is 5.32 Å². The zero-order valence-electron chi connectivity index (χ0n) is 14.6. The van der Waals surface area contributed by atoms with Crippen molar-refractivity contribution in [3.63, 3.8) is 0 Å². The molecule has 0 aliphatic rings. The van der Waals surface area contributed by atoms with Crippen molar-refractivity contribution in [2.75, 3.05) is 12.3 Å². The molecule has 4 rings (SSSR count). The summed E-state index contributed by atoms with van der Waals surface area (Å²) in [5, 5.41) is 6.45. The minimum atomic E-state index is -0.493. The van der Waals surface area contributed by atoms with Crippen molar-refractivity contribution in [2.24, 2.45) is 0 Å². The second-order valence-corrected chi connectivity index (χ2v) is 6.81. The van der Waals surface area contributed by atoms with Gasteiger partial charge in [-0.15, -0.1) is 0 Å². The van der Waals surface area contributed by atoms with Crippen molar-refractivity contribution < 1.29 is 9.59 Å². The van der Waals surface area contributed by atoms with Gasteiger partial charge in [0.2, 0.25) is 5.91 Å². The summed E-state index contributed by atoms with van der Waals surface area (Å²) in [5.74, 6) is -0.303. The Bertz CT molecular complexity index is 1170. The second-order valence-electron chi connectivity index (χ2n) is 5.87. The van der Waals surface area contributed by atoms with Gasteiger partial charge in [-0.1, -0.05) is 36.0 Å². The first kappa shape index (κ1) is 17.3. The molecule has 27 heavy (non-hydrogen) atoms. The van der Waals surface area contributed by atoms with E-state index < -0.39 is 6.03 Å². The van der Waals surface area contributed by atoms with E-state index in [9.17, 15) is 9.59 Å². The molecule has 0 radical (unpaired) electrons. The molecule has 8 heteroatoms. The number of hydrogen-bond acceptors (Lipinski definition) is 5. The molecule has 0 spiro atoms. The molecule has 0 fully saturated rings. The molecule has 4 aromatic rings. The Morgan fingerprint density at radius 3 is 2.59 bits per heavy atom. The molecule has 0 saturated carbocycles. The zero-order valence-corrected chi connectivity index (χ0v) is 15.4. The van der Waals surface area contributed by atoms with Gasteiger partial charge >= 0.3 is 6.03 Å². The summed E-state index contributed by atoms with van der Waals surface area (Å²) in [5.41, 5.74) is 3.40. The SMILES string of the molecule is CCNC(=O)NC(=O)CSc1nc2ccccc2c2nc3ccccc3n12. The van der Waals surface area contributed by atoms with Gasteiger partial charge in [-0.25, -0.2) is 14.8 Å². The average molecular weight is 379 g/mol. The lowest BCUT2D eigenvalue weighted by molar-refractivity contribution is -0.117. The minimum absolute atomic E-state index is 0.0735. The first-order valence-corrected chi connectivity index (χ1v) is 9.52. The first-order valence-electron chi connectivity index (χ1n) is 8.54. The van der Waals surface area contributed by atoms with E-state index in [0.29, 0.717) is 11.7 Å². The topological polar surface area (TPSA) is 88.4 Å². The van der Waals surface area contributed by atoms with E-state index >= 15 is 0 Å². The van der Waals surface area contributed by atoms with E-state index in [4.69, 9.17) is 9.97 Å². The Morgan fingerprint density at radius 2 is 1.78 bits per heavy atom. The number of benzene rings is 2. The van der Waals surface area contributed by atoms with Crippen LogP contribution in [0.25, 0.3) is 27.6 Å². The second kappa shape index (κ2) is 7.24. The number of thioether (sulfide) groups is 1. The number of fused-ring (bicyclic) bond motifs is 5. The zero-order chi connectivity index (χ0) is 18.8. The molecule has 2 aromatic carbocycles. The number of imide groups is 1. The quantitative estimate of drug-likeness (QED) is 0.420. The fourth-order valence-corrected chi connectivity index (χ4v) is 3.72. The summed E-state index contributed by atoms with van der Waals surface area (Å²) in [7, 11) is 0. The molecule has 2 aromatic heterocycles. The highest BCUT2D eigenvalue weighted by Crippen LogP contribution is 2.28. The molecule has 2 N–H and O–H groups in total. The lowest BCUT2D eigenvalue weighted by Gasteiger charge is -2.08. The number of aromatic nitrogens is 3. The number of imidazole rings is 1. The molecule has 0 atom stereocenters. The van der Waals surface area contributed by atoms with E-state index in [1.807, 2.05) is 52.9 Å². The number of amides is 3. The first-order chi connectivity index (χ1) is 13.2. The van der Waals surface area contributed by atoms with Crippen molar-refractivity contribution in [2.45, 2.75) is 12.1 Å². The third kappa shape index (κ3) is 3.31. The van der Waals surface area contributed by atoms with Gasteiger partial charge in [-0.3, -0.25) is 14.5 Å². The smallest absolute Gasteiger partial charge is 0.321 e. The minimum Gasteiger partial charge on any atom is -0.338 e. The Labute approximate surface area is 159 Å². The summed E-state index contributed by atoms with van der Waals surface area (Å²) >= 11 is 1.27. The lowest BCUT2D eigenvalue weighted by Crippen LogP contribution is -2.40. The summed E-state index contributed by atoms with van der Waals surface area (Å²) in [6, 6.07) is 15.1. The van der Waals surface area contributed by atoms with Gasteiger partial charge in [0.1, 0.15) is 5.65 Å². The Hall–Kier alpha value is -3.13. The Kier molecular flexibility index (Phi) is 4.64. The van der Waals surface area contributed by atoms with Crippen molar-refractivity contribution in [3.05, 3.63) is 48.5 Å². The maximum Gasteiger partial charge on any atom is 0.321 e. The van der Waals surface area contributed by atoms with Crippen LogP contribution in [0.4, 0.5) is 4.79 Å². The number of urea groups is 1. The van der Waals surface area contributed by atoms with Crippen molar-refractivity contribution in [1.29, 1.82) is 0 Å². The third-order valence-corrected chi connectivity index (χ3v) is 4.97. The molecule has 2 heterocycles. The lowest BCUT2D eigenvalue weighted by atomic mass is 10.2. The average Bonchev–Trinajstić information content (AvgIpc) is 3.06. The molecule has 7 nitrogen and oxygen atoms in total. The molecule has 3 amide bonds. The van der Waals surface area contributed by atoms with E-state index in [1.54, 1.807) is 6.92 Å². The van der Waals surface area contributed by atoms with E-state index in [-0.39, 0.29) is 11.7 Å². The molecule has 0 unspecified atom stereocenters. The molecular formula is C19H17N5O2S. The molecule has 0 saturated heterocycles. The predicted molar refractivity (Wildman–Crippen MR) is 106 cm³/mol. The highest BCUT2D eigenvalue weighted by atomic mass is 32.2. The van der Waals surface area contributed by atoms with Crippen LogP contribution in [-0.2, 0) is 4.79 Å². The van der Waals surface area contributed by atoms with E-state index in [0.717, 1.165) is 27.6 Å². The number of rotatable bonds is 4. The third-order valence-electron chi connectivity index (χ3n) is 4.04. The number of nitrogens with zero attached hydrogens (tertiary/aromatic N) is 3. The number of hydrogen-bond donors (Lipinski definition) is 2. The van der Waals surface area contributed by atoms with Crippen LogP contribution >= 0.6 is 11.8 Å². The summed E-state index contributed by atoms with van der Waals surface area (Å²) in [6.45, 7) is 2.25. The van der Waals surface area contributed by atoms with Crippen molar-refractivity contribution in [3.8, 4) is 0 Å². The Morgan fingerprint density at radius 1 is 1.04 bits per heavy atom. The number of carbonyl (C=O) groups is 2. The van der Waals surface area contributed by atoms with Crippen LogP contribution in [0.1, 0.15) is 6.92 Å². The van der Waals surface area contributed by atoms with Crippen LogP contribution in [-0.4, -0.2) is 38.6 Å². The van der Waals surface area contributed by atoms with Gasteiger partial charge in [0.15, 0.2) is 5.16 Å². The van der Waals surface area contributed by atoms with Gasteiger partial charge in [-0.2, -0.15) is 0 Å². The van der Waals surface area contributed by atoms with Crippen LogP contribution in [0.15, 0.2) is 53.7 Å². The van der Waals surface area contributed by atoms with E-state index in [1.165, 1.54) is 11.8 Å². The van der Waals surface area contributed by atoms with Crippen LogP contribution in [0, 0.1) is 0 Å². The number of para-hydroxylation sites is 3. The molecule has 0 aliphatic heterocycles. The van der Waals surface area contributed by atoms with Crippen LogP contribution in [0.3, 0.4) is 0 Å². The normalized spacial score (nSPS) is 11.1. The van der Waals surface area contributed by atoms with Crippen LogP contribution < -0.4 is 10.6 Å². The maximum atomic E-state index is 12.1. The Balaban J connectivity index is 1.74. The monoisotopic (exact) mass is 379 g/mol. The standard InChI is InChI=1S/C19H17N5O2S/c1-2-20-18(26)23-16(25)11-27-19-22-13-8-4-3-7-12(13)17-21-14-9-5-6-10-15(14)24(17)19/h3-10H,2,11H2,1H3,(H2,20,23,25,26). The number of carbonyl (C=O) groups excluding carboxylic acids is 2. The van der Waals surface area contributed by atoms with Crippen molar-refractivity contribution in [1.82, 2.24) is 25.0 Å². The van der Waals surface area contributed by atoms with Gasteiger partial charge in [0.25, 0.3) is 0 Å². The van der Waals surface area contributed by atoms with Gasteiger partial charge in [-0.05, 0) is 31.2 Å². The largest absolute Gasteiger partial charge is 0.338 e. The molecular weight excluding hydrogens is 362 g/mol. The molecule has 0 bridgehead atoms. The number of nitrogens with one attached hydrogen (secondary N) is 2. The van der Waals surface area contributed by atoms with Crippen molar-refractivity contribution >= 4 is 51.3 Å². The summed E-state index contributed by atoms with van der Waals surface area (Å²) in [4.78, 5) is 33.0. The summed E-state index contributed by atoms with van der Waals surface area (Å²) in [6.07, 6.45) is 0. The van der Waals surface area contributed by atoms with Gasteiger partial charge in [0, 0.05) is 11.9 Å². The summed E-state index contributed by atoms with van der Waals surface area (Å²) < 4.78 is 1.96.